The van der Waals surface area contributed by atoms with E-state index in [0.29, 0.717) is 23.7 Å². The summed E-state index contributed by atoms with van der Waals surface area (Å²) in [6.07, 6.45) is 0. The second-order valence-electron chi connectivity index (χ2n) is 7.03. The number of nitrogens with one attached hydrogen (secondary N) is 1. The summed E-state index contributed by atoms with van der Waals surface area (Å²) in [5.41, 5.74) is 0.985. The molecule has 2 amide bonds. The second-order valence-corrected chi connectivity index (χ2v) is 7.03. The van der Waals surface area contributed by atoms with E-state index in [1.165, 1.54) is 7.11 Å². The highest BCUT2D eigenvalue weighted by atomic mass is 16.5. The molecule has 2 aromatic rings. The van der Waals surface area contributed by atoms with Crippen molar-refractivity contribution in [1.29, 1.82) is 0 Å². The normalized spacial score (nSPS) is 10.9. The van der Waals surface area contributed by atoms with Gasteiger partial charge in [0.1, 0.15) is 16.9 Å². The number of carbonyl (C=O) groups is 2. The Bertz CT molecular complexity index is 861. The van der Waals surface area contributed by atoms with Crippen molar-refractivity contribution in [1.82, 2.24) is 0 Å². The molecule has 1 N–H and O–H groups in total. The molecule has 2 rings (SSSR count). The smallest absolute Gasteiger partial charge is 0.242 e. The fourth-order valence-electron chi connectivity index (χ4n) is 2.86. The molecule has 150 valence electrons. The molecule has 0 radical (unpaired) electrons. The fourth-order valence-corrected chi connectivity index (χ4v) is 2.86. The van der Waals surface area contributed by atoms with E-state index in [0.717, 1.165) is 11.3 Å². The zero-order valence-corrected chi connectivity index (χ0v) is 17.3. The molecule has 6 heteroatoms. The predicted molar refractivity (Wildman–Crippen MR) is 111 cm³/mol. The van der Waals surface area contributed by atoms with Gasteiger partial charge in [0.25, 0.3) is 0 Å². The number of methoxy groups -OCH3 is 2. The SMILES string of the molecule is CCN(C(=O)C(C)(C)C(=O)Nc1cc(OC)ccc1OC)c1cccc(C)c1. The number of aryl methyl sites for hydroxylation is 1. The Morgan fingerprint density at radius 1 is 1.07 bits per heavy atom. The topological polar surface area (TPSA) is 67.9 Å². The molecule has 0 aliphatic rings. The number of rotatable bonds is 7. The number of amides is 2. The molecule has 0 aliphatic carbocycles. The third-order valence-electron chi connectivity index (χ3n) is 4.63. The number of hydrogen-bond donors (Lipinski definition) is 1. The highest BCUT2D eigenvalue weighted by molar-refractivity contribution is 6.15. The molecule has 0 atom stereocenters. The summed E-state index contributed by atoms with van der Waals surface area (Å²) in [5, 5.41) is 2.81. The van der Waals surface area contributed by atoms with Crippen molar-refractivity contribution >= 4 is 23.2 Å². The summed E-state index contributed by atoms with van der Waals surface area (Å²) < 4.78 is 10.5. The van der Waals surface area contributed by atoms with Crippen LogP contribution in [-0.4, -0.2) is 32.6 Å². The maximum absolute atomic E-state index is 13.2. The first-order valence-corrected chi connectivity index (χ1v) is 9.16. The Morgan fingerprint density at radius 2 is 1.79 bits per heavy atom. The van der Waals surface area contributed by atoms with Gasteiger partial charge in [0.15, 0.2) is 0 Å². The van der Waals surface area contributed by atoms with Gasteiger partial charge in [-0.25, -0.2) is 0 Å². The third kappa shape index (κ3) is 4.44. The molecule has 2 aromatic carbocycles. The minimum Gasteiger partial charge on any atom is -0.497 e. The molecule has 0 saturated heterocycles. The molecular formula is C22H28N2O4. The molecular weight excluding hydrogens is 356 g/mol. The summed E-state index contributed by atoms with van der Waals surface area (Å²) >= 11 is 0. The van der Waals surface area contributed by atoms with Gasteiger partial charge < -0.3 is 19.7 Å². The third-order valence-corrected chi connectivity index (χ3v) is 4.63. The zero-order chi connectivity index (χ0) is 20.9. The van der Waals surface area contributed by atoms with Crippen molar-refractivity contribution < 1.29 is 19.1 Å². The number of nitrogens with zero attached hydrogens (tertiary/aromatic N) is 1. The summed E-state index contributed by atoms with van der Waals surface area (Å²) in [6, 6.07) is 12.8. The largest absolute Gasteiger partial charge is 0.497 e. The van der Waals surface area contributed by atoms with Crippen LogP contribution in [0.3, 0.4) is 0 Å². The molecule has 0 bridgehead atoms. The van der Waals surface area contributed by atoms with E-state index >= 15 is 0 Å². The van der Waals surface area contributed by atoms with Gasteiger partial charge in [-0.15, -0.1) is 0 Å². The lowest BCUT2D eigenvalue weighted by molar-refractivity contribution is -0.136. The zero-order valence-electron chi connectivity index (χ0n) is 17.3. The number of hydrogen-bond acceptors (Lipinski definition) is 4. The number of anilines is 2. The second kappa shape index (κ2) is 8.78. The van der Waals surface area contributed by atoms with Gasteiger partial charge in [0.05, 0.1) is 19.9 Å². The monoisotopic (exact) mass is 384 g/mol. The molecule has 0 aliphatic heterocycles. The molecule has 0 aromatic heterocycles. The van der Waals surface area contributed by atoms with Gasteiger partial charge in [-0.1, -0.05) is 12.1 Å². The quantitative estimate of drug-likeness (QED) is 0.732. The van der Waals surface area contributed by atoms with Crippen molar-refractivity contribution in [3.8, 4) is 11.5 Å². The highest BCUT2D eigenvalue weighted by Gasteiger charge is 2.39. The summed E-state index contributed by atoms with van der Waals surface area (Å²) in [4.78, 5) is 27.9. The molecule has 0 fully saturated rings. The summed E-state index contributed by atoms with van der Waals surface area (Å²) in [5.74, 6) is 0.369. The number of ether oxygens (including phenoxy) is 2. The van der Waals surface area contributed by atoms with Gasteiger partial charge in [0.2, 0.25) is 11.8 Å². The van der Waals surface area contributed by atoms with Crippen molar-refractivity contribution in [2.75, 3.05) is 31.0 Å². The first-order chi connectivity index (χ1) is 13.2. The first-order valence-electron chi connectivity index (χ1n) is 9.16. The van der Waals surface area contributed by atoms with E-state index < -0.39 is 11.3 Å². The van der Waals surface area contributed by atoms with Crippen LogP contribution in [0.2, 0.25) is 0 Å². The molecule has 0 saturated carbocycles. The Balaban J connectivity index is 2.29. The standard InChI is InChI=1S/C22H28N2O4/c1-7-24(16-10-8-9-15(2)13-16)21(26)22(3,4)20(25)23-18-14-17(27-5)11-12-19(18)28-6/h8-14H,7H2,1-6H3,(H,23,25). The lowest BCUT2D eigenvalue weighted by atomic mass is 9.89. The van der Waals surface area contributed by atoms with Gasteiger partial charge in [0, 0.05) is 18.3 Å². The van der Waals surface area contributed by atoms with E-state index in [9.17, 15) is 9.59 Å². The van der Waals surface area contributed by atoms with E-state index in [4.69, 9.17) is 9.47 Å². The number of benzene rings is 2. The van der Waals surface area contributed by atoms with Crippen molar-refractivity contribution in [2.45, 2.75) is 27.7 Å². The van der Waals surface area contributed by atoms with E-state index in [-0.39, 0.29) is 5.91 Å². The van der Waals surface area contributed by atoms with Gasteiger partial charge in [-0.2, -0.15) is 0 Å². The number of carbonyl (C=O) groups excluding carboxylic acids is 2. The average molecular weight is 384 g/mol. The minimum atomic E-state index is -1.28. The van der Waals surface area contributed by atoms with Crippen LogP contribution in [0.4, 0.5) is 11.4 Å². The fraction of sp³-hybridized carbons (Fsp3) is 0.364. The van der Waals surface area contributed by atoms with Crippen molar-refractivity contribution in [3.05, 3.63) is 48.0 Å². The Hall–Kier alpha value is -3.02. The van der Waals surface area contributed by atoms with E-state index in [1.54, 1.807) is 44.1 Å². The lowest BCUT2D eigenvalue weighted by Crippen LogP contribution is -2.47. The van der Waals surface area contributed by atoms with Crippen LogP contribution in [0, 0.1) is 12.3 Å². The minimum absolute atomic E-state index is 0.278. The maximum atomic E-state index is 13.2. The van der Waals surface area contributed by atoms with E-state index in [1.807, 2.05) is 38.1 Å². The van der Waals surface area contributed by atoms with Crippen LogP contribution < -0.4 is 19.7 Å². The molecule has 0 spiro atoms. The lowest BCUT2D eigenvalue weighted by Gasteiger charge is -2.30. The van der Waals surface area contributed by atoms with Gasteiger partial charge >= 0.3 is 0 Å². The van der Waals surface area contributed by atoms with Crippen LogP contribution in [0.15, 0.2) is 42.5 Å². The molecule has 0 heterocycles. The van der Waals surface area contributed by atoms with Crippen LogP contribution in [-0.2, 0) is 9.59 Å². The van der Waals surface area contributed by atoms with Gasteiger partial charge in [-0.05, 0) is 57.5 Å². The Labute approximate surface area is 166 Å². The van der Waals surface area contributed by atoms with Crippen LogP contribution in [0.5, 0.6) is 11.5 Å². The van der Waals surface area contributed by atoms with Crippen molar-refractivity contribution in [3.63, 3.8) is 0 Å². The van der Waals surface area contributed by atoms with E-state index in [2.05, 4.69) is 5.32 Å². The summed E-state index contributed by atoms with van der Waals surface area (Å²) in [7, 11) is 3.06. The predicted octanol–water partition coefficient (Wildman–Crippen LogP) is 4.03. The van der Waals surface area contributed by atoms with Crippen LogP contribution >= 0.6 is 0 Å². The Kier molecular flexibility index (Phi) is 6.67. The first kappa shape index (κ1) is 21.3. The van der Waals surface area contributed by atoms with Crippen molar-refractivity contribution in [2.24, 2.45) is 5.41 Å². The highest BCUT2D eigenvalue weighted by Crippen LogP contribution is 2.32. The Morgan fingerprint density at radius 3 is 2.36 bits per heavy atom. The average Bonchev–Trinajstić information content (AvgIpc) is 2.68. The van der Waals surface area contributed by atoms with Gasteiger partial charge in [-0.3, -0.25) is 9.59 Å². The molecule has 6 nitrogen and oxygen atoms in total. The molecule has 28 heavy (non-hydrogen) atoms. The maximum Gasteiger partial charge on any atom is 0.242 e. The summed E-state index contributed by atoms with van der Waals surface area (Å²) in [6.45, 7) is 7.56. The molecule has 0 unspecified atom stereocenters. The van der Waals surface area contributed by atoms with Crippen LogP contribution in [0.25, 0.3) is 0 Å². The van der Waals surface area contributed by atoms with Crippen LogP contribution in [0.1, 0.15) is 26.3 Å².